The Bertz CT molecular complexity index is 1520. The number of benzene rings is 4. The molecule has 0 saturated heterocycles. The van der Waals surface area contributed by atoms with Gasteiger partial charge >= 0.3 is 0 Å². The zero-order chi connectivity index (χ0) is 24.2. The molecule has 0 atom stereocenters. The van der Waals surface area contributed by atoms with Crippen molar-refractivity contribution < 1.29 is 9.18 Å². The molecular formula is C29H23FN4O. The summed E-state index contributed by atoms with van der Waals surface area (Å²) >= 11 is 0. The van der Waals surface area contributed by atoms with Crippen molar-refractivity contribution in [1.29, 1.82) is 0 Å². The van der Waals surface area contributed by atoms with Crippen LogP contribution in [-0.2, 0) is 0 Å². The Balaban J connectivity index is 1.35. The maximum Gasteiger partial charge on any atom is 0.255 e. The summed E-state index contributed by atoms with van der Waals surface area (Å²) in [6, 6.07) is 29.1. The SMILES string of the molecule is Cc1cc(NC(=O)c2cccc(Nc3ccnc4ccc(F)cc34)c2)cc(Nc2ccccc2)c1. The predicted molar refractivity (Wildman–Crippen MR) is 140 cm³/mol. The number of carbonyl (C=O) groups is 1. The van der Waals surface area contributed by atoms with Gasteiger partial charge in [0.05, 0.1) is 5.52 Å². The quantitative estimate of drug-likeness (QED) is 0.246. The van der Waals surface area contributed by atoms with Crippen LogP contribution < -0.4 is 16.0 Å². The van der Waals surface area contributed by atoms with Crippen molar-refractivity contribution in [3.63, 3.8) is 0 Å². The van der Waals surface area contributed by atoms with E-state index in [0.29, 0.717) is 33.5 Å². The molecule has 0 bridgehead atoms. The fourth-order valence-corrected chi connectivity index (χ4v) is 3.94. The standard InChI is InChI=1S/C29H23FN4O/c1-19-14-24(32-22-7-3-2-4-8-22)18-25(15-19)34-29(35)20-6-5-9-23(16-20)33-28-12-13-31-27-11-10-21(30)17-26(27)28/h2-18,32H,1H3,(H,31,33)(H,34,35). The average Bonchev–Trinajstić information content (AvgIpc) is 2.85. The summed E-state index contributed by atoms with van der Waals surface area (Å²) < 4.78 is 13.8. The minimum absolute atomic E-state index is 0.226. The number of halogens is 1. The van der Waals surface area contributed by atoms with E-state index in [2.05, 4.69) is 20.9 Å². The molecule has 0 fully saturated rings. The third kappa shape index (κ3) is 5.28. The number of carbonyl (C=O) groups excluding carboxylic acids is 1. The van der Waals surface area contributed by atoms with E-state index in [1.807, 2.05) is 61.5 Å². The van der Waals surface area contributed by atoms with Crippen LogP contribution in [0, 0.1) is 12.7 Å². The minimum atomic E-state index is -0.332. The number of rotatable bonds is 6. The maximum atomic E-state index is 13.8. The molecular weight excluding hydrogens is 439 g/mol. The van der Waals surface area contributed by atoms with Crippen LogP contribution in [0.2, 0.25) is 0 Å². The van der Waals surface area contributed by atoms with Gasteiger partial charge in [-0.1, -0.05) is 24.3 Å². The van der Waals surface area contributed by atoms with Gasteiger partial charge in [-0.15, -0.1) is 0 Å². The molecule has 3 N–H and O–H groups in total. The highest BCUT2D eigenvalue weighted by Gasteiger charge is 2.10. The molecule has 6 heteroatoms. The Labute approximate surface area is 202 Å². The molecule has 5 aromatic rings. The molecule has 0 radical (unpaired) electrons. The van der Waals surface area contributed by atoms with Gasteiger partial charge < -0.3 is 16.0 Å². The second-order valence-electron chi connectivity index (χ2n) is 8.26. The lowest BCUT2D eigenvalue weighted by molar-refractivity contribution is 0.102. The van der Waals surface area contributed by atoms with Gasteiger partial charge in [0, 0.05) is 45.6 Å². The van der Waals surface area contributed by atoms with Gasteiger partial charge in [0.1, 0.15) is 5.82 Å². The minimum Gasteiger partial charge on any atom is -0.355 e. The van der Waals surface area contributed by atoms with E-state index in [9.17, 15) is 9.18 Å². The van der Waals surface area contributed by atoms with Gasteiger partial charge in [-0.25, -0.2) is 4.39 Å². The van der Waals surface area contributed by atoms with Gasteiger partial charge in [0.2, 0.25) is 0 Å². The summed E-state index contributed by atoms with van der Waals surface area (Å²) in [5.41, 5.74) is 6.18. The highest BCUT2D eigenvalue weighted by atomic mass is 19.1. The summed E-state index contributed by atoms with van der Waals surface area (Å²) in [4.78, 5) is 17.3. The topological polar surface area (TPSA) is 66.0 Å². The summed E-state index contributed by atoms with van der Waals surface area (Å²) in [5, 5.41) is 10.3. The van der Waals surface area contributed by atoms with Crippen molar-refractivity contribution in [2.45, 2.75) is 6.92 Å². The lowest BCUT2D eigenvalue weighted by Crippen LogP contribution is -2.12. The third-order valence-corrected chi connectivity index (χ3v) is 5.51. The molecule has 35 heavy (non-hydrogen) atoms. The van der Waals surface area contributed by atoms with E-state index in [1.165, 1.54) is 12.1 Å². The number of aryl methyl sites for hydroxylation is 1. The van der Waals surface area contributed by atoms with Crippen LogP contribution in [0.4, 0.5) is 32.8 Å². The van der Waals surface area contributed by atoms with Crippen molar-refractivity contribution >= 4 is 45.2 Å². The van der Waals surface area contributed by atoms with Gasteiger partial charge in [0.25, 0.3) is 5.91 Å². The summed E-state index contributed by atoms with van der Waals surface area (Å²) in [6.07, 6.45) is 1.66. The van der Waals surface area contributed by atoms with E-state index in [0.717, 1.165) is 16.9 Å². The van der Waals surface area contributed by atoms with Crippen molar-refractivity contribution in [2.75, 3.05) is 16.0 Å². The molecule has 0 spiro atoms. The Kier molecular flexibility index (Phi) is 6.09. The number of fused-ring (bicyclic) bond motifs is 1. The molecule has 5 nitrogen and oxygen atoms in total. The fraction of sp³-hybridized carbons (Fsp3) is 0.0345. The Morgan fingerprint density at radius 3 is 2.40 bits per heavy atom. The number of aromatic nitrogens is 1. The monoisotopic (exact) mass is 462 g/mol. The van der Waals surface area contributed by atoms with Crippen molar-refractivity contribution in [1.82, 2.24) is 4.98 Å². The van der Waals surface area contributed by atoms with E-state index in [-0.39, 0.29) is 11.7 Å². The molecule has 5 rings (SSSR count). The Hall–Kier alpha value is -4.71. The van der Waals surface area contributed by atoms with E-state index in [1.54, 1.807) is 36.5 Å². The average molecular weight is 463 g/mol. The zero-order valence-corrected chi connectivity index (χ0v) is 19.0. The first-order valence-electron chi connectivity index (χ1n) is 11.2. The molecule has 1 amide bonds. The number of hydrogen-bond donors (Lipinski definition) is 3. The van der Waals surface area contributed by atoms with E-state index >= 15 is 0 Å². The number of anilines is 5. The number of para-hydroxylation sites is 1. The van der Waals surface area contributed by atoms with Crippen molar-refractivity contribution in [3.05, 3.63) is 120 Å². The molecule has 1 aromatic heterocycles. The number of amides is 1. The van der Waals surface area contributed by atoms with Crippen LogP contribution in [0.25, 0.3) is 10.9 Å². The summed E-state index contributed by atoms with van der Waals surface area (Å²) in [6.45, 7) is 1.98. The normalized spacial score (nSPS) is 10.7. The van der Waals surface area contributed by atoms with Gasteiger partial charge in [-0.3, -0.25) is 9.78 Å². The second kappa shape index (κ2) is 9.65. The van der Waals surface area contributed by atoms with Gasteiger partial charge in [0.15, 0.2) is 0 Å². The number of hydrogen-bond acceptors (Lipinski definition) is 4. The Morgan fingerprint density at radius 1 is 0.743 bits per heavy atom. The molecule has 4 aromatic carbocycles. The first-order chi connectivity index (χ1) is 17.0. The zero-order valence-electron chi connectivity index (χ0n) is 19.0. The summed E-state index contributed by atoms with van der Waals surface area (Å²) in [5.74, 6) is -0.559. The second-order valence-corrected chi connectivity index (χ2v) is 8.26. The number of pyridine rings is 1. The summed E-state index contributed by atoms with van der Waals surface area (Å²) in [7, 11) is 0. The van der Waals surface area contributed by atoms with Crippen LogP contribution in [0.1, 0.15) is 15.9 Å². The molecule has 0 aliphatic heterocycles. The highest BCUT2D eigenvalue weighted by Crippen LogP contribution is 2.27. The largest absolute Gasteiger partial charge is 0.355 e. The van der Waals surface area contributed by atoms with Crippen LogP contribution in [0.5, 0.6) is 0 Å². The van der Waals surface area contributed by atoms with Crippen molar-refractivity contribution in [2.24, 2.45) is 0 Å². The van der Waals surface area contributed by atoms with Gasteiger partial charge in [-0.05, 0) is 85.3 Å². The van der Waals surface area contributed by atoms with Crippen LogP contribution in [0.3, 0.4) is 0 Å². The number of nitrogens with zero attached hydrogens (tertiary/aromatic N) is 1. The van der Waals surface area contributed by atoms with E-state index in [4.69, 9.17) is 0 Å². The Morgan fingerprint density at radius 2 is 1.54 bits per heavy atom. The maximum absolute atomic E-state index is 13.8. The smallest absolute Gasteiger partial charge is 0.255 e. The predicted octanol–water partition coefficient (Wildman–Crippen LogP) is 7.42. The number of nitrogens with one attached hydrogen (secondary N) is 3. The molecule has 0 aliphatic carbocycles. The fourth-order valence-electron chi connectivity index (χ4n) is 3.94. The van der Waals surface area contributed by atoms with Crippen LogP contribution in [-0.4, -0.2) is 10.9 Å². The lowest BCUT2D eigenvalue weighted by Gasteiger charge is -2.13. The lowest BCUT2D eigenvalue weighted by atomic mass is 10.1. The first-order valence-corrected chi connectivity index (χ1v) is 11.2. The molecule has 0 aliphatic rings. The van der Waals surface area contributed by atoms with E-state index < -0.39 is 0 Å². The molecule has 1 heterocycles. The molecule has 0 unspecified atom stereocenters. The third-order valence-electron chi connectivity index (χ3n) is 5.51. The first kappa shape index (κ1) is 22.1. The molecule has 172 valence electrons. The highest BCUT2D eigenvalue weighted by molar-refractivity contribution is 6.05. The van der Waals surface area contributed by atoms with Crippen molar-refractivity contribution in [3.8, 4) is 0 Å². The van der Waals surface area contributed by atoms with Crippen LogP contribution >= 0.6 is 0 Å². The van der Waals surface area contributed by atoms with Crippen LogP contribution in [0.15, 0.2) is 103 Å². The molecule has 0 saturated carbocycles. The van der Waals surface area contributed by atoms with Gasteiger partial charge in [-0.2, -0.15) is 0 Å².